The summed E-state index contributed by atoms with van der Waals surface area (Å²) in [5, 5.41) is 8.95. The summed E-state index contributed by atoms with van der Waals surface area (Å²) in [5.74, 6) is -0.886. The number of aromatic carboxylic acids is 1. The van der Waals surface area contributed by atoms with Gasteiger partial charge in [-0.05, 0) is 44.3 Å². The molecule has 1 aromatic carbocycles. The van der Waals surface area contributed by atoms with Gasteiger partial charge in [0.25, 0.3) is 0 Å². The second-order valence-corrected chi connectivity index (χ2v) is 5.90. The monoisotopic (exact) mass is 398 g/mol. The SMILES string of the molecule is CN1CCCN(Cc2ccc(C(=O)O)cc2Br)CC1.Cl.Cl. The topological polar surface area (TPSA) is 43.8 Å². The Labute approximate surface area is 146 Å². The van der Waals surface area contributed by atoms with Crippen molar-refractivity contribution in [2.75, 3.05) is 33.2 Å². The minimum absolute atomic E-state index is 0. The van der Waals surface area contributed by atoms with Gasteiger partial charge >= 0.3 is 5.97 Å². The second kappa shape index (κ2) is 9.64. The molecule has 0 aromatic heterocycles. The molecule has 0 radical (unpaired) electrons. The lowest BCUT2D eigenvalue weighted by molar-refractivity contribution is 0.0697. The molecule has 2 rings (SSSR count). The van der Waals surface area contributed by atoms with Gasteiger partial charge < -0.3 is 10.0 Å². The van der Waals surface area contributed by atoms with Crippen molar-refractivity contribution < 1.29 is 9.90 Å². The zero-order valence-corrected chi connectivity index (χ0v) is 15.1. The minimum atomic E-state index is -0.886. The van der Waals surface area contributed by atoms with E-state index in [1.165, 1.54) is 6.42 Å². The predicted octanol–water partition coefficient (Wildman–Crippen LogP) is 3.13. The van der Waals surface area contributed by atoms with E-state index in [2.05, 4.69) is 32.8 Å². The quantitative estimate of drug-likeness (QED) is 0.847. The van der Waals surface area contributed by atoms with Crippen LogP contribution in [0.25, 0.3) is 0 Å². The van der Waals surface area contributed by atoms with Crippen LogP contribution in [-0.2, 0) is 6.54 Å². The fourth-order valence-corrected chi connectivity index (χ4v) is 2.81. The van der Waals surface area contributed by atoms with Gasteiger partial charge in [0, 0.05) is 24.1 Å². The van der Waals surface area contributed by atoms with Crippen LogP contribution in [0.4, 0.5) is 0 Å². The van der Waals surface area contributed by atoms with Crippen LogP contribution >= 0.6 is 40.7 Å². The van der Waals surface area contributed by atoms with Crippen LogP contribution in [0.15, 0.2) is 22.7 Å². The molecule has 4 nitrogen and oxygen atoms in total. The maximum atomic E-state index is 10.9. The van der Waals surface area contributed by atoms with Crippen molar-refractivity contribution in [3.8, 4) is 0 Å². The highest BCUT2D eigenvalue weighted by atomic mass is 79.9. The summed E-state index contributed by atoms with van der Waals surface area (Å²) in [6.45, 7) is 5.26. The number of hydrogen-bond acceptors (Lipinski definition) is 3. The summed E-state index contributed by atoms with van der Waals surface area (Å²) in [5.41, 5.74) is 1.47. The first kappa shape index (κ1) is 20.7. The van der Waals surface area contributed by atoms with Gasteiger partial charge in [0.05, 0.1) is 5.56 Å². The highest BCUT2D eigenvalue weighted by Crippen LogP contribution is 2.21. The molecule has 1 saturated heterocycles. The molecule has 7 heteroatoms. The van der Waals surface area contributed by atoms with Gasteiger partial charge in [0.2, 0.25) is 0 Å². The van der Waals surface area contributed by atoms with E-state index in [-0.39, 0.29) is 24.8 Å². The Morgan fingerprint density at radius 1 is 1.24 bits per heavy atom. The number of rotatable bonds is 3. The maximum Gasteiger partial charge on any atom is 0.335 e. The molecule has 0 aliphatic carbocycles. The number of carboxylic acid groups (broad SMARTS) is 1. The summed E-state index contributed by atoms with van der Waals surface area (Å²) < 4.78 is 0.880. The van der Waals surface area contributed by atoms with E-state index in [1.807, 2.05) is 6.07 Å². The van der Waals surface area contributed by atoms with Gasteiger partial charge in [-0.15, -0.1) is 24.8 Å². The normalized spacial score (nSPS) is 16.5. The van der Waals surface area contributed by atoms with Crippen molar-refractivity contribution in [2.45, 2.75) is 13.0 Å². The number of nitrogens with zero attached hydrogens (tertiary/aromatic N) is 2. The van der Waals surface area contributed by atoms with Gasteiger partial charge in [0.1, 0.15) is 0 Å². The summed E-state index contributed by atoms with van der Waals surface area (Å²) >= 11 is 3.47. The number of benzene rings is 1. The van der Waals surface area contributed by atoms with Crippen LogP contribution in [0.3, 0.4) is 0 Å². The number of halogens is 3. The van der Waals surface area contributed by atoms with Gasteiger partial charge in [-0.3, -0.25) is 4.90 Å². The van der Waals surface area contributed by atoms with Gasteiger partial charge in [-0.1, -0.05) is 22.0 Å². The van der Waals surface area contributed by atoms with Crippen LogP contribution in [0.2, 0.25) is 0 Å². The summed E-state index contributed by atoms with van der Waals surface area (Å²) in [6.07, 6.45) is 1.18. The zero-order chi connectivity index (χ0) is 13.8. The van der Waals surface area contributed by atoms with Crippen molar-refractivity contribution in [1.82, 2.24) is 9.80 Å². The fourth-order valence-electron chi connectivity index (χ4n) is 2.31. The van der Waals surface area contributed by atoms with Crippen molar-refractivity contribution in [3.63, 3.8) is 0 Å². The fraction of sp³-hybridized carbons (Fsp3) is 0.500. The van der Waals surface area contributed by atoms with E-state index in [0.717, 1.165) is 42.8 Å². The molecular weight excluding hydrogens is 379 g/mol. The Kier molecular flexibility index (Phi) is 9.49. The van der Waals surface area contributed by atoms with Gasteiger partial charge in [-0.25, -0.2) is 4.79 Å². The van der Waals surface area contributed by atoms with Crippen molar-refractivity contribution in [1.29, 1.82) is 0 Å². The van der Waals surface area contributed by atoms with Crippen molar-refractivity contribution >= 4 is 46.7 Å². The number of carboxylic acids is 1. The molecule has 1 heterocycles. The van der Waals surface area contributed by atoms with Crippen LogP contribution in [-0.4, -0.2) is 54.1 Å². The summed E-state index contributed by atoms with van der Waals surface area (Å²) in [6, 6.07) is 5.26. The average molecular weight is 400 g/mol. The van der Waals surface area contributed by atoms with Crippen molar-refractivity contribution in [2.24, 2.45) is 0 Å². The standard InChI is InChI=1S/C14H19BrN2O2.2ClH/c1-16-5-2-6-17(8-7-16)10-12-4-3-11(14(18)19)9-13(12)15;;/h3-4,9H,2,5-8,10H2,1H3,(H,18,19);2*1H. The van der Waals surface area contributed by atoms with Crippen LogP contribution in [0, 0.1) is 0 Å². The highest BCUT2D eigenvalue weighted by molar-refractivity contribution is 9.10. The third-order valence-electron chi connectivity index (χ3n) is 3.51. The number of likely N-dealkylation sites (N-methyl/N-ethyl adjacent to an activating group) is 1. The molecule has 120 valence electrons. The highest BCUT2D eigenvalue weighted by Gasteiger charge is 2.14. The second-order valence-electron chi connectivity index (χ2n) is 5.04. The molecule has 21 heavy (non-hydrogen) atoms. The number of carbonyl (C=O) groups is 1. The van der Waals surface area contributed by atoms with E-state index < -0.39 is 5.97 Å². The van der Waals surface area contributed by atoms with E-state index in [4.69, 9.17) is 5.11 Å². The van der Waals surface area contributed by atoms with Crippen LogP contribution < -0.4 is 0 Å². The molecule has 1 aromatic rings. The third kappa shape index (κ3) is 6.12. The Morgan fingerprint density at radius 2 is 1.95 bits per heavy atom. The Balaban J connectivity index is 0.00000200. The lowest BCUT2D eigenvalue weighted by atomic mass is 10.1. The molecule has 0 spiro atoms. The molecule has 0 amide bonds. The lowest BCUT2D eigenvalue weighted by Crippen LogP contribution is -2.28. The molecule has 1 aliphatic heterocycles. The predicted molar refractivity (Wildman–Crippen MR) is 93.0 cm³/mol. The van der Waals surface area contributed by atoms with Gasteiger partial charge in [0.15, 0.2) is 0 Å². The maximum absolute atomic E-state index is 10.9. The molecule has 0 bridgehead atoms. The average Bonchev–Trinajstić information content (AvgIpc) is 2.57. The molecule has 1 N–H and O–H groups in total. The first-order chi connectivity index (χ1) is 9.06. The Hall–Kier alpha value is -0.330. The lowest BCUT2D eigenvalue weighted by Gasteiger charge is -2.20. The minimum Gasteiger partial charge on any atom is -0.478 e. The largest absolute Gasteiger partial charge is 0.478 e. The molecule has 1 fully saturated rings. The van der Waals surface area contributed by atoms with E-state index in [9.17, 15) is 4.79 Å². The van der Waals surface area contributed by atoms with Gasteiger partial charge in [-0.2, -0.15) is 0 Å². The molecule has 0 unspecified atom stereocenters. The smallest absolute Gasteiger partial charge is 0.335 e. The molecule has 1 aliphatic rings. The molecule has 0 saturated carbocycles. The third-order valence-corrected chi connectivity index (χ3v) is 4.24. The summed E-state index contributed by atoms with van der Waals surface area (Å²) in [4.78, 5) is 15.7. The van der Waals surface area contributed by atoms with Crippen LogP contribution in [0.5, 0.6) is 0 Å². The van der Waals surface area contributed by atoms with E-state index in [1.54, 1.807) is 12.1 Å². The van der Waals surface area contributed by atoms with E-state index >= 15 is 0 Å². The summed E-state index contributed by atoms with van der Waals surface area (Å²) in [7, 11) is 2.15. The Morgan fingerprint density at radius 3 is 2.57 bits per heavy atom. The first-order valence-corrected chi connectivity index (χ1v) is 7.28. The zero-order valence-electron chi connectivity index (χ0n) is 11.9. The molecular formula is C14H21BrCl2N2O2. The van der Waals surface area contributed by atoms with Crippen LogP contribution in [0.1, 0.15) is 22.3 Å². The van der Waals surface area contributed by atoms with E-state index in [0.29, 0.717) is 5.56 Å². The number of hydrogen-bond donors (Lipinski definition) is 1. The van der Waals surface area contributed by atoms with Crippen molar-refractivity contribution in [3.05, 3.63) is 33.8 Å². The molecule has 0 atom stereocenters. The first-order valence-electron chi connectivity index (χ1n) is 6.49. The Bertz CT molecular complexity index is 474.